The van der Waals surface area contributed by atoms with Gasteiger partial charge in [-0.05, 0) is 43.9 Å². The molecular weight excluding hydrogens is 326 g/mol. The Morgan fingerprint density at radius 1 is 1.33 bits per heavy atom. The molecule has 6 nitrogen and oxygen atoms in total. The largest absolute Gasteiger partial charge is 0.389 e. The first-order valence-corrected chi connectivity index (χ1v) is 9.58. The van der Waals surface area contributed by atoms with Crippen LogP contribution in [0.2, 0.25) is 0 Å². The van der Waals surface area contributed by atoms with E-state index in [-0.39, 0.29) is 11.4 Å². The Morgan fingerprint density at radius 2 is 2.12 bits per heavy atom. The molecule has 1 aliphatic heterocycles. The molecule has 1 aliphatic carbocycles. The lowest BCUT2D eigenvalue weighted by atomic mass is 9.81. The van der Waals surface area contributed by atoms with Crippen LogP contribution in [0.25, 0.3) is 0 Å². The summed E-state index contributed by atoms with van der Waals surface area (Å²) in [6.45, 7) is 1.34. The number of nitrogens with zero attached hydrogens (tertiary/aromatic N) is 2. The normalized spacial score (nSPS) is 19.6. The Bertz CT molecular complexity index is 792. The van der Waals surface area contributed by atoms with E-state index in [1.54, 1.807) is 6.07 Å². The van der Waals surface area contributed by atoms with Crippen LogP contribution in [0.5, 0.6) is 0 Å². The number of hydrogen-bond acceptors (Lipinski definition) is 5. The number of nitrogens with one attached hydrogen (secondary N) is 1. The van der Waals surface area contributed by atoms with Crippen LogP contribution in [0.15, 0.2) is 35.2 Å². The van der Waals surface area contributed by atoms with Crippen LogP contribution in [0.1, 0.15) is 31.2 Å². The van der Waals surface area contributed by atoms with Gasteiger partial charge in [0, 0.05) is 19.6 Å². The zero-order valence-corrected chi connectivity index (χ0v) is 14.2. The standard InChI is InChI=1S/C17H21N3O3S/c18-12-14-5-6-16(15(11-14)20-9-2-1-3-10-20)24(22,23)19-13-17(21)7-4-8-17/h1-2,5-6,11,19,21H,3-4,7-10,13H2. The van der Waals surface area contributed by atoms with E-state index in [1.807, 2.05) is 11.0 Å². The zero-order chi connectivity index (χ0) is 17.2. The fourth-order valence-electron chi connectivity index (χ4n) is 2.99. The van der Waals surface area contributed by atoms with Gasteiger partial charge in [0.25, 0.3) is 0 Å². The zero-order valence-electron chi connectivity index (χ0n) is 13.4. The third-order valence-electron chi connectivity index (χ3n) is 4.65. The monoisotopic (exact) mass is 347 g/mol. The number of anilines is 1. The third-order valence-corrected chi connectivity index (χ3v) is 6.10. The molecule has 1 fully saturated rings. The van der Waals surface area contributed by atoms with Gasteiger partial charge in [-0.25, -0.2) is 13.1 Å². The quantitative estimate of drug-likeness (QED) is 0.788. The first kappa shape index (κ1) is 17.0. The Morgan fingerprint density at radius 3 is 2.71 bits per heavy atom. The van der Waals surface area contributed by atoms with Crippen molar-refractivity contribution in [2.45, 2.75) is 36.2 Å². The molecule has 0 amide bonds. The van der Waals surface area contributed by atoms with E-state index in [0.29, 0.717) is 37.2 Å². The van der Waals surface area contributed by atoms with Crippen molar-refractivity contribution in [2.75, 3.05) is 24.5 Å². The first-order chi connectivity index (χ1) is 11.4. The maximum absolute atomic E-state index is 12.7. The number of sulfonamides is 1. The van der Waals surface area contributed by atoms with Gasteiger partial charge in [0.2, 0.25) is 10.0 Å². The molecule has 1 heterocycles. The molecule has 0 aromatic heterocycles. The molecule has 2 aliphatic rings. The van der Waals surface area contributed by atoms with Gasteiger partial charge in [-0.2, -0.15) is 5.26 Å². The molecule has 3 rings (SSSR count). The van der Waals surface area contributed by atoms with Gasteiger partial charge in [-0.1, -0.05) is 12.2 Å². The summed E-state index contributed by atoms with van der Waals surface area (Å²) in [7, 11) is -3.76. The molecule has 128 valence electrons. The molecule has 0 spiro atoms. The first-order valence-electron chi connectivity index (χ1n) is 8.10. The van der Waals surface area contributed by atoms with E-state index in [2.05, 4.69) is 16.9 Å². The highest BCUT2D eigenvalue weighted by Crippen LogP contribution is 2.32. The second-order valence-corrected chi connectivity index (χ2v) is 8.14. The summed E-state index contributed by atoms with van der Waals surface area (Å²) in [4.78, 5) is 2.10. The molecule has 1 saturated carbocycles. The number of rotatable bonds is 5. The summed E-state index contributed by atoms with van der Waals surface area (Å²) in [6, 6.07) is 6.66. The summed E-state index contributed by atoms with van der Waals surface area (Å²) >= 11 is 0. The highest BCUT2D eigenvalue weighted by Gasteiger charge is 2.36. The van der Waals surface area contributed by atoms with Crippen LogP contribution in [0.4, 0.5) is 5.69 Å². The molecule has 2 N–H and O–H groups in total. The van der Waals surface area contributed by atoms with E-state index in [0.717, 1.165) is 12.8 Å². The predicted molar refractivity (Wildman–Crippen MR) is 91.1 cm³/mol. The van der Waals surface area contributed by atoms with Crippen molar-refractivity contribution >= 4 is 15.7 Å². The van der Waals surface area contributed by atoms with Gasteiger partial charge in [0.05, 0.1) is 22.9 Å². The van der Waals surface area contributed by atoms with Crippen molar-refractivity contribution in [1.29, 1.82) is 5.26 Å². The lowest BCUT2D eigenvalue weighted by Crippen LogP contribution is -2.47. The lowest BCUT2D eigenvalue weighted by Gasteiger charge is -2.36. The van der Waals surface area contributed by atoms with Crippen LogP contribution in [-0.2, 0) is 10.0 Å². The highest BCUT2D eigenvalue weighted by molar-refractivity contribution is 7.89. The average Bonchev–Trinajstić information content (AvgIpc) is 2.58. The molecule has 0 radical (unpaired) electrons. The second-order valence-electron chi connectivity index (χ2n) is 6.40. The van der Waals surface area contributed by atoms with Gasteiger partial charge in [0.1, 0.15) is 4.90 Å². The Kier molecular flexibility index (Phi) is 4.63. The van der Waals surface area contributed by atoms with Crippen molar-refractivity contribution in [2.24, 2.45) is 0 Å². The number of aliphatic hydroxyl groups is 1. The van der Waals surface area contributed by atoms with Gasteiger partial charge in [-0.3, -0.25) is 0 Å². The van der Waals surface area contributed by atoms with Gasteiger partial charge in [0.15, 0.2) is 0 Å². The molecule has 7 heteroatoms. The summed E-state index contributed by atoms with van der Waals surface area (Å²) in [5.74, 6) is 0. The minimum Gasteiger partial charge on any atom is -0.389 e. The number of benzene rings is 1. The molecule has 0 bridgehead atoms. The molecule has 1 aromatic rings. The molecule has 0 unspecified atom stereocenters. The predicted octanol–water partition coefficient (Wildman–Crippen LogP) is 1.52. The molecule has 24 heavy (non-hydrogen) atoms. The SMILES string of the molecule is N#Cc1ccc(S(=O)(=O)NCC2(O)CCC2)c(N2CC=CCC2)c1. The van der Waals surface area contributed by atoms with Gasteiger partial charge < -0.3 is 10.0 Å². The van der Waals surface area contributed by atoms with Crippen LogP contribution in [0, 0.1) is 11.3 Å². The van der Waals surface area contributed by atoms with Crippen LogP contribution >= 0.6 is 0 Å². The van der Waals surface area contributed by atoms with Crippen LogP contribution in [-0.4, -0.2) is 38.8 Å². The topological polar surface area (TPSA) is 93.4 Å². The van der Waals surface area contributed by atoms with Crippen molar-refractivity contribution in [3.8, 4) is 6.07 Å². The minimum atomic E-state index is -3.76. The maximum Gasteiger partial charge on any atom is 0.242 e. The average molecular weight is 347 g/mol. The van der Waals surface area contributed by atoms with Gasteiger partial charge in [-0.15, -0.1) is 0 Å². The molecule has 1 aromatic carbocycles. The third kappa shape index (κ3) is 3.46. The van der Waals surface area contributed by atoms with E-state index in [4.69, 9.17) is 5.26 Å². The number of nitriles is 1. The van der Waals surface area contributed by atoms with E-state index in [9.17, 15) is 13.5 Å². The van der Waals surface area contributed by atoms with Crippen molar-refractivity contribution in [1.82, 2.24) is 4.72 Å². The van der Waals surface area contributed by atoms with Crippen LogP contribution in [0.3, 0.4) is 0 Å². The summed E-state index contributed by atoms with van der Waals surface area (Å²) in [6.07, 6.45) is 7.04. The Balaban J connectivity index is 1.90. The summed E-state index contributed by atoms with van der Waals surface area (Å²) in [5, 5.41) is 19.3. The van der Waals surface area contributed by atoms with Crippen molar-refractivity contribution in [3.05, 3.63) is 35.9 Å². The second kappa shape index (κ2) is 6.55. The van der Waals surface area contributed by atoms with Crippen molar-refractivity contribution in [3.63, 3.8) is 0 Å². The van der Waals surface area contributed by atoms with Crippen LogP contribution < -0.4 is 9.62 Å². The van der Waals surface area contributed by atoms with E-state index < -0.39 is 15.6 Å². The van der Waals surface area contributed by atoms with E-state index >= 15 is 0 Å². The summed E-state index contributed by atoms with van der Waals surface area (Å²) < 4.78 is 28.0. The lowest BCUT2D eigenvalue weighted by molar-refractivity contribution is -0.0270. The molecular formula is C17H21N3O3S. The Hall–Kier alpha value is -1.88. The smallest absolute Gasteiger partial charge is 0.242 e. The van der Waals surface area contributed by atoms with Gasteiger partial charge >= 0.3 is 0 Å². The molecule has 0 atom stereocenters. The van der Waals surface area contributed by atoms with Crippen molar-refractivity contribution < 1.29 is 13.5 Å². The Labute approximate surface area is 142 Å². The minimum absolute atomic E-state index is 0.0225. The molecule has 0 saturated heterocycles. The van der Waals surface area contributed by atoms with E-state index in [1.165, 1.54) is 12.1 Å². The fourth-order valence-corrected chi connectivity index (χ4v) is 4.31. The number of hydrogen-bond donors (Lipinski definition) is 2. The fraction of sp³-hybridized carbons (Fsp3) is 0.471. The highest BCUT2D eigenvalue weighted by atomic mass is 32.2. The summed E-state index contributed by atoms with van der Waals surface area (Å²) in [5.41, 5.74) is 0.0378. The maximum atomic E-state index is 12.7.